The molecule has 1 unspecified atom stereocenters. The Labute approximate surface area is 109 Å². The van der Waals surface area contributed by atoms with Crippen molar-refractivity contribution >= 4 is 32.7 Å². The predicted molar refractivity (Wildman–Crippen MR) is 71.9 cm³/mol. The average Bonchev–Trinajstić information content (AvgIpc) is 2.76. The topological polar surface area (TPSA) is 38.5 Å². The minimum Gasteiger partial charge on any atom is -0.464 e. The first-order valence-corrected chi connectivity index (χ1v) is 6.30. The quantitative estimate of drug-likeness (QED) is 0.796. The number of pyridine rings is 1. The lowest BCUT2D eigenvalue weighted by atomic mass is 10.3. The van der Waals surface area contributed by atoms with Gasteiger partial charge in [0, 0.05) is 26.9 Å². The van der Waals surface area contributed by atoms with E-state index >= 15 is 0 Å². The fraction of sp³-hybridized carbons (Fsp3) is 0.417. The number of hydrogen-bond acceptors (Lipinski definition) is 4. The summed E-state index contributed by atoms with van der Waals surface area (Å²) in [5.74, 6) is 0.928. The lowest BCUT2D eigenvalue weighted by Crippen LogP contribution is -2.28. The summed E-state index contributed by atoms with van der Waals surface area (Å²) in [4.78, 5) is 6.77. The maximum Gasteiger partial charge on any atom is 0.139 e. The van der Waals surface area contributed by atoms with Gasteiger partial charge in [-0.05, 0) is 12.1 Å². The first-order valence-electron chi connectivity index (χ1n) is 5.38. The van der Waals surface area contributed by atoms with Gasteiger partial charge in [-0.2, -0.15) is 0 Å². The first-order chi connectivity index (χ1) is 8.22. The molecule has 5 heteroatoms. The molecule has 0 N–H and O–H groups in total. The second-order valence-electron chi connectivity index (χ2n) is 3.90. The number of halogens is 1. The molecule has 2 aromatic heterocycles. The van der Waals surface area contributed by atoms with Crippen LogP contribution in [0.25, 0.3) is 11.0 Å². The highest BCUT2D eigenvalue weighted by molar-refractivity contribution is 9.09. The van der Waals surface area contributed by atoms with Crippen LogP contribution in [0, 0.1) is 0 Å². The van der Waals surface area contributed by atoms with Crippen molar-refractivity contribution < 1.29 is 9.15 Å². The number of alkyl halides is 1. The number of rotatable bonds is 5. The summed E-state index contributed by atoms with van der Waals surface area (Å²) in [5, 5.41) is 1.03. The SMILES string of the molecule is COCC(Br)CN(C)c1nccc2occc12. The van der Waals surface area contributed by atoms with Crippen molar-refractivity contribution in [2.75, 3.05) is 32.2 Å². The van der Waals surface area contributed by atoms with Gasteiger partial charge in [-0.3, -0.25) is 0 Å². The molecule has 2 aromatic rings. The summed E-state index contributed by atoms with van der Waals surface area (Å²) in [7, 11) is 3.71. The van der Waals surface area contributed by atoms with Gasteiger partial charge in [-0.1, -0.05) is 15.9 Å². The molecule has 0 saturated carbocycles. The van der Waals surface area contributed by atoms with Crippen LogP contribution < -0.4 is 4.90 Å². The Kier molecular flexibility index (Phi) is 4.02. The van der Waals surface area contributed by atoms with Crippen LogP contribution in [0.2, 0.25) is 0 Å². The van der Waals surface area contributed by atoms with E-state index in [1.54, 1.807) is 19.6 Å². The predicted octanol–water partition coefficient (Wildman–Crippen LogP) is 2.67. The first kappa shape index (κ1) is 12.4. The zero-order chi connectivity index (χ0) is 12.3. The molecule has 0 bridgehead atoms. The highest BCUT2D eigenvalue weighted by atomic mass is 79.9. The maximum absolute atomic E-state index is 5.36. The van der Waals surface area contributed by atoms with Crippen molar-refractivity contribution in [1.82, 2.24) is 4.98 Å². The van der Waals surface area contributed by atoms with E-state index in [4.69, 9.17) is 9.15 Å². The van der Waals surface area contributed by atoms with Crippen LogP contribution in [0.5, 0.6) is 0 Å². The van der Waals surface area contributed by atoms with Gasteiger partial charge in [-0.15, -0.1) is 0 Å². The second kappa shape index (κ2) is 5.51. The van der Waals surface area contributed by atoms with Gasteiger partial charge < -0.3 is 14.1 Å². The fourth-order valence-electron chi connectivity index (χ4n) is 1.80. The van der Waals surface area contributed by atoms with Crippen LogP contribution in [0.1, 0.15) is 0 Å². The number of ether oxygens (including phenoxy) is 1. The second-order valence-corrected chi connectivity index (χ2v) is 5.20. The van der Waals surface area contributed by atoms with Gasteiger partial charge in [0.2, 0.25) is 0 Å². The lowest BCUT2D eigenvalue weighted by Gasteiger charge is -2.21. The molecule has 0 aliphatic heterocycles. The largest absolute Gasteiger partial charge is 0.464 e. The van der Waals surface area contributed by atoms with Gasteiger partial charge in [0.1, 0.15) is 11.4 Å². The van der Waals surface area contributed by atoms with Crippen LogP contribution in [0.15, 0.2) is 29.0 Å². The third-order valence-electron chi connectivity index (χ3n) is 2.54. The fourth-order valence-corrected chi connectivity index (χ4v) is 2.50. The Morgan fingerprint density at radius 2 is 2.35 bits per heavy atom. The van der Waals surface area contributed by atoms with Crippen molar-refractivity contribution in [3.05, 3.63) is 24.6 Å². The molecule has 0 fully saturated rings. The van der Waals surface area contributed by atoms with Crippen LogP contribution in [0.4, 0.5) is 5.82 Å². The zero-order valence-electron chi connectivity index (χ0n) is 9.89. The van der Waals surface area contributed by atoms with Crippen LogP contribution >= 0.6 is 15.9 Å². The lowest BCUT2D eigenvalue weighted by molar-refractivity contribution is 0.201. The molecular weight excluding hydrogens is 284 g/mol. The van der Waals surface area contributed by atoms with Gasteiger partial charge in [0.25, 0.3) is 0 Å². The minimum absolute atomic E-state index is 0.279. The Balaban J connectivity index is 2.18. The summed E-state index contributed by atoms with van der Waals surface area (Å²) in [5.41, 5.74) is 0.861. The van der Waals surface area contributed by atoms with E-state index in [0.717, 1.165) is 23.3 Å². The van der Waals surface area contributed by atoms with Crippen molar-refractivity contribution in [2.24, 2.45) is 0 Å². The van der Waals surface area contributed by atoms with Crippen LogP contribution in [-0.4, -0.2) is 37.1 Å². The van der Waals surface area contributed by atoms with Gasteiger partial charge in [0.05, 0.1) is 23.1 Å². The molecule has 92 valence electrons. The molecule has 17 heavy (non-hydrogen) atoms. The summed E-state index contributed by atoms with van der Waals surface area (Å²) >= 11 is 3.57. The molecule has 4 nitrogen and oxygen atoms in total. The third-order valence-corrected chi connectivity index (χ3v) is 3.09. The molecule has 1 atom stereocenters. The molecule has 2 heterocycles. The Morgan fingerprint density at radius 3 is 3.12 bits per heavy atom. The molecule has 0 aromatic carbocycles. The van der Waals surface area contributed by atoms with Crippen LogP contribution in [-0.2, 0) is 4.74 Å². The van der Waals surface area contributed by atoms with E-state index in [2.05, 4.69) is 25.8 Å². The molecule has 2 rings (SSSR count). The van der Waals surface area contributed by atoms with E-state index in [1.807, 2.05) is 19.2 Å². The molecular formula is C12H15BrN2O2. The number of fused-ring (bicyclic) bond motifs is 1. The summed E-state index contributed by atoms with van der Waals surface area (Å²) in [6.07, 6.45) is 3.45. The summed E-state index contributed by atoms with van der Waals surface area (Å²) in [6, 6.07) is 3.81. The van der Waals surface area contributed by atoms with Crippen LogP contribution in [0.3, 0.4) is 0 Å². The molecule has 0 amide bonds. The van der Waals surface area contributed by atoms with E-state index in [9.17, 15) is 0 Å². The van der Waals surface area contributed by atoms with Gasteiger partial charge >= 0.3 is 0 Å². The number of nitrogens with zero attached hydrogens (tertiary/aromatic N) is 2. The van der Waals surface area contributed by atoms with E-state index in [-0.39, 0.29) is 4.83 Å². The van der Waals surface area contributed by atoms with Crippen molar-refractivity contribution in [3.8, 4) is 0 Å². The maximum atomic E-state index is 5.36. The molecule has 0 aliphatic carbocycles. The highest BCUT2D eigenvalue weighted by Gasteiger charge is 2.13. The summed E-state index contributed by atoms with van der Waals surface area (Å²) < 4.78 is 10.5. The zero-order valence-corrected chi connectivity index (χ0v) is 11.5. The Morgan fingerprint density at radius 1 is 1.53 bits per heavy atom. The van der Waals surface area contributed by atoms with Crippen molar-refractivity contribution in [3.63, 3.8) is 0 Å². The standard InChI is InChI=1S/C12H15BrN2O2/c1-15(7-9(13)8-16-2)12-10-4-6-17-11(10)3-5-14-12/h3-6,9H,7-8H2,1-2H3. The van der Waals surface area contributed by atoms with Gasteiger partial charge in [-0.25, -0.2) is 4.98 Å². The third kappa shape index (κ3) is 2.79. The Hall–Kier alpha value is -1.07. The highest BCUT2D eigenvalue weighted by Crippen LogP contribution is 2.24. The number of anilines is 1. The van der Waals surface area contributed by atoms with E-state index in [1.165, 1.54) is 0 Å². The van der Waals surface area contributed by atoms with Crippen molar-refractivity contribution in [1.29, 1.82) is 0 Å². The molecule has 0 radical (unpaired) electrons. The molecule has 0 saturated heterocycles. The van der Waals surface area contributed by atoms with Crippen molar-refractivity contribution in [2.45, 2.75) is 4.83 Å². The number of methoxy groups -OCH3 is 1. The van der Waals surface area contributed by atoms with Gasteiger partial charge in [0.15, 0.2) is 0 Å². The number of hydrogen-bond donors (Lipinski definition) is 0. The normalized spacial score (nSPS) is 12.9. The summed E-state index contributed by atoms with van der Waals surface area (Å²) in [6.45, 7) is 1.50. The van der Waals surface area contributed by atoms with E-state index in [0.29, 0.717) is 6.61 Å². The Bertz CT molecular complexity index is 486. The molecule has 0 aliphatic rings. The van der Waals surface area contributed by atoms with E-state index < -0.39 is 0 Å². The monoisotopic (exact) mass is 298 g/mol. The average molecular weight is 299 g/mol. The number of aromatic nitrogens is 1. The minimum atomic E-state index is 0.279. The smallest absolute Gasteiger partial charge is 0.139 e. The molecule has 0 spiro atoms. The number of furan rings is 1.